The lowest BCUT2D eigenvalue weighted by Gasteiger charge is -2.03. The van der Waals surface area contributed by atoms with Gasteiger partial charge in [-0.15, -0.1) is 0 Å². The predicted octanol–water partition coefficient (Wildman–Crippen LogP) is 2.51. The van der Waals surface area contributed by atoms with Gasteiger partial charge in [0.2, 0.25) is 0 Å². The second-order valence-corrected chi connectivity index (χ2v) is 4.61. The van der Waals surface area contributed by atoms with Crippen LogP contribution in [0.25, 0.3) is 16.9 Å². The Morgan fingerprint density at radius 3 is 2.90 bits per heavy atom. The summed E-state index contributed by atoms with van der Waals surface area (Å²) in [5.74, 6) is 1.75. The average molecular weight is 267 g/mol. The highest BCUT2D eigenvalue weighted by atomic mass is 16.5. The van der Waals surface area contributed by atoms with Crippen LogP contribution in [0.15, 0.2) is 48.7 Å². The van der Waals surface area contributed by atoms with E-state index in [0.29, 0.717) is 6.54 Å². The summed E-state index contributed by atoms with van der Waals surface area (Å²) < 4.78 is 7.38. The normalized spacial score (nSPS) is 10.9. The molecule has 2 N–H and O–H groups in total. The number of imidazole rings is 1. The second kappa shape index (κ2) is 5.35. The molecule has 0 bridgehead atoms. The van der Waals surface area contributed by atoms with Crippen LogP contribution < -0.4 is 10.5 Å². The molecule has 20 heavy (non-hydrogen) atoms. The molecule has 0 fully saturated rings. The van der Waals surface area contributed by atoms with Crippen LogP contribution >= 0.6 is 0 Å². The first-order valence-electron chi connectivity index (χ1n) is 6.64. The maximum atomic E-state index is 5.68. The minimum atomic E-state index is 0.596. The molecule has 0 aliphatic rings. The summed E-state index contributed by atoms with van der Waals surface area (Å²) in [5.41, 5.74) is 8.85. The number of hydrogen-bond donors (Lipinski definition) is 1. The minimum Gasteiger partial charge on any atom is -0.497 e. The zero-order chi connectivity index (χ0) is 13.9. The SMILES string of the molecule is COc1cccc(-c2nc(CCN)c3ccccn23)c1. The fourth-order valence-electron chi connectivity index (χ4n) is 2.39. The van der Waals surface area contributed by atoms with E-state index in [1.165, 1.54) is 0 Å². The molecule has 0 unspecified atom stereocenters. The number of pyridine rings is 1. The Morgan fingerprint density at radius 1 is 1.20 bits per heavy atom. The topological polar surface area (TPSA) is 52.5 Å². The van der Waals surface area contributed by atoms with Crippen LogP contribution in [0.4, 0.5) is 0 Å². The number of fused-ring (bicyclic) bond motifs is 1. The van der Waals surface area contributed by atoms with Crippen LogP contribution in [0.5, 0.6) is 5.75 Å². The Hall–Kier alpha value is -2.33. The second-order valence-electron chi connectivity index (χ2n) is 4.61. The molecule has 4 nitrogen and oxygen atoms in total. The van der Waals surface area contributed by atoms with Crippen LogP contribution in [0.2, 0.25) is 0 Å². The quantitative estimate of drug-likeness (QED) is 0.790. The lowest BCUT2D eigenvalue weighted by molar-refractivity contribution is 0.415. The van der Waals surface area contributed by atoms with Gasteiger partial charge in [-0.3, -0.25) is 4.40 Å². The first kappa shape index (κ1) is 12.7. The molecule has 0 aliphatic heterocycles. The van der Waals surface area contributed by atoms with Crippen molar-refractivity contribution < 1.29 is 4.74 Å². The predicted molar refractivity (Wildman–Crippen MR) is 79.9 cm³/mol. The highest BCUT2D eigenvalue weighted by molar-refractivity contribution is 5.66. The molecule has 2 heterocycles. The molecule has 3 aromatic rings. The van der Waals surface area contributed by atoms with Gasteiger partial charge in [0.05, 0.1) is 18.3 Å². The fourth-order valence-corrected chi connectivity index (χ4v) is 2.39. The minimum absolute atomic E-state index is 0.596. The Bertz CT molecular complexity index is 733. The number of rotatable bonds is 4. The molecule has 4 heteroatoms. The van der Waals surface area contributed by atoms with Gasteiger partial charge in [-0.1, -0.05) is 18.2 Å². The number of nitrogens with two attached hydrogens (primary N) is 1. The van der Waals surface area contributed by atoms with Crippen LogP contribution in [-0.2, 0) is 6.42 Å². The van der Waals surface area contributed by atoms with E-state index in [1.807, 2.05) is 42.6 Å². The zero-order valence-corrected chi connectivity index (χ0v) is 11.4. The molecule has 1 aromatic carbocycles. The number of nitrogens with zero attached hydrogens (tertiary/aromatic N) is 2. The average Bonchev–Trinajstić information content (AvgIpc) is 2.87. The molecule has 102 valence electrons. The van der Waals surface area contributed by atoms with Gasteiger partial charge < -0.3 is 10.5 Å². The van der Waals surface area contributed by atoms with Crippen molar-refractivity contribution in [2.75, 3.05) is 13.7 Å². The number of benzene rings is 1. The van der Waals surface area contributed by atoms with Gasteiger partial charge in [-0.2, -0.15) is 0 Å². The summed E-state index contributed by atoms with van der Waals surface area (Å²) in [4.78, 5) is 4.75. The Kier molecular flexibility index (Phi) is 3.39. The van der Waals surface area contributed by atoms with Gasteiger partial charge >= 0.3 is 0 Å². The van der Waals surface area contributed by atoms with E-state index < -0.39 is 0 Å². The van der Waals surface area contributed by atoms with Crippen molar-refractivity contribution in [3.63, 3.8) is 0 Å². The van der Waals surface area contributed by atoms with Crippen molar-refractivity contribution in [3.8, 4) is 17.1 Å². The summed E-state index contributed by atoms with van der Waals surface area (Å²) in [6, 6.07) is 14.0. The van der Waals surface area contributed by atoms with E-state index in [1.54, 1.807) is 7.11 Å². The van der Waals surface area contributed by atoms with Gasteiger partial charge in [0, 0.05) is 18.2 Å². The maximum absolute atomic E-state index is 5.68. The Morgan fingerprint density at radius 2 is 2.10 bits per heavy atom. The van der Waals surface area contributed by atoms with Crippen molar-refractivity contribution in [1.29, 1.82) is 0 Å². The lowest BCUT2D eigenvalue weighted by Crippen LogP contribution is -2.03. The molecule has 0 atom stereocenters. The van der Waals surface area contributed by atoms with Crippen molar-refractivity contribution in [2.24, 2.45) is 5.73 Å². The van der Waals surface area contributed by atoms with Gasteiger partial charge in [0.1, 0.15) is 11.6 Å². The fraction of sp³-hybridized carbons (Fsp3) is 0.188. The van der Waals surface area contributed by atoms with E-state index in [0.717, 1.165) is 34.8 Å². The summed E-state index contributed by atoms with van der Waals surface area (Å²) in [7, 11) is 1.67. The number of methoxy groups -OCH3 is 1. The number of hydrogen-bond acceptors (Lipinski definition) is 3. The van der Waals surface area contributed by atoms with E-state index in [4.69, 9.17) is 15.5 Å². The van der Waals surface area contributed by atoms with Crippen molar-refractivity contribution in [2.45, 2.75) is 6.42 Å². The Labute approximate surface area is 117 Å². The number of ether oxygens (including phenoxy) is 1. The molecule has 0 saturated heterocycles. The Balaban J connectivity index is 2.19. The van der Waals surface area contributed by atoms with E-state index >= 15 is 0 Å². The maximum Gasteiger partial charge on any atom is 0.144 e. The van der Waals surface area contributed by atoms with Crippen molar-refractivity contribution in [1.82, 2.24) is 9.38 Å². The molecule has 3 rings (SSSR count). The van der Waals surface area contributed by atoms with Crippen LogP contribution in [-0.4, -0.2) is 23.0 Å². The molecule has 2 aromatic heterocycles. The highest BCUT2D eigenvalue weighted by Gasteiger charge is 2.12. The van der Waals surface area contributed by atoms with Crippen molar-refractivity contribution in [3.05, 3.63) is 54.4 Å². The van der Waals surface area contributed by atoms with Gasteiger partial charge in [-0.25, -0.2) is 4.98 Å². The lowest BCUT2D eigenvalue weighted by atomic mass is 10.2. The van der Waals surface area contributed by atoms with E-state index in [2.05, 4.69) is 10.5 Å². The monoisotopic (exact) mass is 267 g/mol. The third-order valence-corrected chi connectivity index (χ3v) is 3.33. The van der Waals surface area contributed by atoms with Gasteiger partial charge in [-0.05, 0) is 30.8 Å². The molecular formula is C16H17N3O. The smallest absolute Gasteiger partial charge is 0.144 e. The third kappa shape index (κ3) is 2.14. The first-order valence-corrected chi connectivity index (χ1v) is 6.64. The van der Waals surface area contributed by atoms with Crippen LogP contribution in [0.3, 0.4) is 0 Å². The summed E-state index contributed by atoms with van der Waals surface area (Å²) in [5, 5.41) is 0. The summed E-state index contributed by atoms with van der Waals surface area (Å²) in [6.45, 7) is 0.596. The van der Waals surface area contributed by atoms with Crippen LogP contribution in [0.1, 0.15) is 5.69 Å². The molecule has 0 spiro atoms. The molecule has 0 saturated carbocycles. The standard InChI is InChI=1S/C16H17N3O/c1-20-13-6-4-5-12(11-13)16-18-14(8-9-17)15-7-2-3-10-19(15)16/h2-7,10-11H,8-9,17H2,1H3. The third-order valence-electron chi connectivity index (χ3n) is 3.33. The molecular weight excluding hydrogens is 250 g/mol. The summed E-state index contributed by atoms with van der Waals surface area (Å²) in [6.07, 6.45) is 2.80. The summed E-state index contributed by atoms with van der Waals surface area (Å²) >= 11 is 0. The number of aromatic nitrogens is 2. The van der Waals surface area contributed by atoms with E-state index in [9.17, 15) is 0 Å². The zero-order valence-electron chi connectivity index (χ0n) is 11.4. The van der Waals surface area contributed by atoms with Gasteiger partial charge in [0.15, 0.2) is 0 Å². The van der Waals surface area contributed by atoms with E-state index in [-0.39, 0.29) is 0 Å². The highest BCUT2D eigenvalue weighted by Crippen LogP contribution is 2.25. The van der Waals surface area contributed by atoms with Crippen molar-refractivity contribution >= 4 is 5.52 Å². The van der Waals surface area contributed by atoms with Gasteiger partial charge in [0.25, 0.3) is 0 Å². The largest absolute Gasteiger partial charge is 0.497 e. The molecule has 0 radical (unpaired) electrons. The molecule has 0 amide bonds. The molecule has 0 aliphatic carbocycles. The van der Waals surface area contributed by atoms with Crippen LogP contribution in [0, 0.1) is 0 Å². The first-order chi connectivity index (χ1) is 9.83.